The van der Waals surface area contributed by atoms with Crippen molar-refractivity contribution >= 4 is 21.8 Å². The highest BCUT2D eigenvalue weighted by Crippen LogP contribution is 2.41. The Morgan fingerprint density at radius 2 is 2.13 bits per heavy atom. The van der Waals surface area contributed by atoms with Gasteiger partial charge in [-0.15, -0.1) is 0 Å². The Labute approximate surface area is 184 Å². The zero-order chi connectivity index (χ0) is 21.1. The van der Waals surface area contributed by atoms with E-state index in [1.165, 1.54) is 0 Å². The number of rotatable bonds is 7. The van der Waals surface area contributed by atoms with Crippen LogP contribution in [0.2, 0.25) is 0 Å². The number of carbonyl (C=O) groups excluding carboxylic acids is 1. The Bertz CT molecular complexity index is 968. The average Bonchev–Trinajstić information content (AvgIpc) is 3.27. The summed E-state index contributed by atoms with van der Waals surface area (Å²) in [5.74, 6) is 0.864. The molecule has 6 nitrogen and oxygen atoms in total. The summed E-state index contributed by atoms with van der Waals surface area (Å²) in [4.78, 5) is 14.9. The molecule has 2 heterocycles. The van der Waals surface area contributed by atoms with Crippen LogP contribution in [-0.4, -0.2) is 42.8 Å². The standard InChI is InChI=1S/C23H23BrN2O4/c1-2-28-20-11-15(13-25)8-9-19(20)30-22-21(16-5-3-6-17(24)12-16)26(23(22)27)14-18-7-4-10-29-18/h3,5-6,8-9,11-12,18,21-22H,2,4,7,10,14H2,1H3/t18-,21+,22-/m0/s1. The van der Waals surface area contributed by atoms with Gasteiger partial charge in [0.1, 0.15) is 6.04 Å². The van der Waals surface area contributed by atoms with Crippen LogP contribution in [0, 0.1) is 11.3 Å². The normalized spacial score (nSPS) is 23.0. The van der Waals surface area contributed by atoms with Gasteiger partial charge in [0.15, 0.2) is 11.5 Å². The van der Waals surface area contributed by atoms with Gasteiger partial charge < -0.3 is 19.1 Å². The van der Waals surface area contributed by atoms with Crippen LogP contribution in [-0.2, 0) is 9.53 Å². The topological polar surface area (TPSA) is 71.8 Å². The van der Waals surface area contributed by atoms with Crippen molar-refractivity contribution in [2.75, 3.05) is 19.8 Å². The third-order valence-corrected chi connectivity index (χ3v) is 5.88. The lowest BCUT2D eigenvalue weighted by Gasteiger charge is -2.47. The highest BCUT2D eigenvalue weighted by atomic mass is 79.9. The molecule has 0 N–H and O–H groups in total. The Hall–Kier alpha value is -2.56. The maximum absolute atomic E-state index is 13.1. The molecule has 0 saturated carbocycles. The Kier molecular flexibility index (Phi) is 6.26. The molecule has 4 rings (SSSR count). The van der Waals surface area contributed by atoms with Crippen LogP contribution >= 0.6 is 15.9 Å². The minimum Gasteiger partial charge on any atom is -0.490 e. The molecular weight excluding hydrogens is 448 g/mol. The van der Waals surface area contributed by atoms with E-state index in [2.05, 4.69) is 22.0 Å². The molecule has 156 valence electrons. The van der Waals surface area contributed by atoms with Gasteiger partial charge in [-0.2, -0.15) is 5.26 Å². The van der Waals surface area contributed by atoms with Crippen LogP contribution in [0.3, 0.4) is 0 Å². The minimum atomic E-state index is -0.659. The van der Waals surface area contributed by atoms with Crippen molar-refractivity contribution in [3.8, 4) is 17.6 Å². The Morgan fingerprint density at radius 1 is 1.27 bits per heavy atom. The molecule has 2 aromatic rings. The van der Waals surface area contributed by atoms with Gasteiger partial charge in [-0.3, -0.25) is 4.79 Å². The largest absolute Gasteiger partial charge is 0.490 e. The molecule has 2 aliphatic rings. The molecule has 2 saturated heterocycles. The van der Waals surface area contributed by atoms with Crippen molar-refractivity contribution in [3.05, 3.63) is 58.1 Å². The predicted octanol–water partition coefficient (Wildman–Crippen LogP) is 4.23. The molecule has 2 aromatic carbocycles. The van der Waals surface area contributed by atoms with E-state index in [0.717, 1.165) is 29.5 Å². The van der Waals surface area contributed by atoms with Gasteiger partial charge in [0.05, 0.1) is 24.3 Å². The van der Waals surface area contributed by atoms with Crippen molar-refractivity contribution in [1.29, 1.82) is 5.26 Å². The van der Waals surface area contributed by atoms with Crippen LogP contribution in [0.4, 0.5) is 0 Å². The zero-order valence-electron chi connectivity index (χ0n) is 16.7. The SMILES string of the molecule is CCOc1cc(C#N)ccc1O[C@@H]1C(=O)N(C[C@@H]2CCCO2)[C@@H]1c1cccc(Br)c1. The number of likely N-dealkylation sites (tertiary alicyclic amines) is 1. The fourth-order valence-electron chi connectivity index (χ4n) is 3.97. The predicted molar refractivity (Wildman–Crippen MR) is 114 cm³/mol. The molecule has 30 heavy (non-hydrogen) atoms. The van der Waals surface area contributed by atoms with Gasteiger partial charge in [0, 0.05) is 23.7 Å². The molecule has 0 aromatic heterocycles. The number of nitriles is 1. The van der Waals surface area contributed by atoms with E-state index >= 15 is 0 Å². The van der Waals surface area contributed by atoms with E-state index in [1.807, 2.05) is 36.1 Å². The molecule has 2 aliphatic heterocycles. The summed E-state index contributed by atoms with van der Waals surface area (Å²) in [7, 11) is 0. The molecule has 1 amide bonds. The summed E-state index contributed by atoms with van der Waals surface area (Å²) in [6.45, 7) is 3.60. The summed E-state index contributed by atoms with van der Waals surface area (Å²) in [5, 5.41) is 9.17. The fraction of sp³-hybridized carbons (Fsp3) is 0.391. The molecule has 7 heteroatoms. The van der Waals surface area contributed by atoms with Crippen LogP contribution in [0.5, 0.6) is 11.5 Å². The molecule has 3 atom stereocenters. The smallest absolute Gasteiger partial charge is 0.266 e. The number of benzene rings is 2. The number of β-lactam (4-membered cyclic amide) rings is 1. The molecule has 0 radical (unpaired) electrons. The van der Waals surface area contributed by atoms with Gasteiger partial charge >= 0.3 is 0 Å². The van der Waals surface area contributed by atoms with E-state index in [4.69, 9.17) is 19.5 Å². The van der Waals surface area contributed by atoms with E-state index in [-0.39, 0.29) is 18.1 Å². The third-order valence-electron chi connectivity index (χ3n) is 5.39. The number of hydrogen-bond donors (Lipinski definition) is 0. The lowest BCUT2D eigenvalue weighted by Crippen LogP contribution is -2.62. The lowest BCUT2D eigenvalue weighted by atomic mass is 9.90. The van der Waals surface area contributed by atoms with Crippen LogP contribution in [0.25, 0.3) is 0 Å². The maximum atomic E-state index is 13.1. The number of amides is 1. The van der Waals surface area contributed by atoms with Crippen molar-refractivity contribution in [1.82, 2.24) is 4.90 Å². The van der Waals surface area contributed by atoms with E-state index in [1.54, 1.807) is 18.2 Å². The van der Waals surface area contributed by atoms with E-state index < -0.39 is 6.10 Å². The van der Waals surface area contributed by atoms with Gasteiger partial charge in [0.2, 0.25) is 6.10 Å². The number of halogens is 1. The zero-order valence-corrected chi connectivity index (χ0v) is 18.3. The molecule has 0 bridgehead atoms. The van der Waals surface area contributed by atoms with Crippen LogP contribution < -0.4 is 9.47 Å². The summed E-state index contributed by atoms with van der Waals surface area (Å²) in [6, 6.07) is 14.8. The number of nitrogens with zero attached hydrogens (tertiary/aromatic N) is 2. The average molecular weight is 471 g/mol. The van der Waals surface area contributed by atoms with Crippen molar-refractivity contribution in [2.45, 2.75) is 38.0 Å². The van der Waals surface area contributed by atoms with Gasteiger partial charge in [-0.25, -0.2) is 0 Å². The molecule has 0 unspecified atom stereocenters. The number of ether oxygens (including phenoxy) is 3. The summed E-state index contributed by atoms with van der Waals surface area (Å²) in [6.07, 6.45) is 1.40. The summed E-state index contributed by atoms with van der Waals surface area (Å²) >= 11 is 3.52. The minimum absolute atomic E-state index is 0.0673. The Balaban J connectivity index is 1.61. The molecule has 0 aliphatic carbocycles. The highest BCUT2D eigenvalue weighted by molar-refractivity contribution is 9.10. The number of carbonyl (C=O) groups is 1. The van der Waals surface area contributed by atoms with Crippen molar-refractivity contribution in [3.63, 3.8) is 0 Å². The second kappa shape index (κ2) is 9.07. The monoisotopic (exact) mass is 470 g/mol. The first-order valence-electron chi connectivity index (χ1n) is 10.1. The molecular formula is C23H23BrN2O4. The summed E-state index contributed by atoms with van der Waals surface area (Å²) < 4.78 is 18.5. The third kappa shape index (κ3) is 4.16. The second-order valence-electron chi connectivity index (χ2n) is 7.37. The van der Waals surface area contributed by atoms with Gasteiger partial charge in [0.25, 0.3) is 5.91 Å². The molecule has 0 spiro atoms. The maximum Gasteiger partial charge on any atom is 0.266 e. The lowest BCUT2D eigenvalue weighted by molar-refractivity contribution is -0.167. The Morgan fingerprint density at radius 3 is 2.83 bits per heavy atom. The first-order chi connectivity index (χ1) is 14.6. The van der Waals surface area contributed by atoms with E-state index in [0.29, 0.717) is 30.2 Å². The van der Waals surface area contributed by atoms with Crippen molar-refractivity contribution in [2.24, 2.45) is 0 Å². The van der Waals surface area contributed by atoms with Gasteiger partial charge in [-0.05, 0) is 49.6 Å². The van der Waals surface area contributed by atoms with Crippen molar-refractivity contribution < 1.29 is 19.0 Å². The first kappa shape index (κ1) is 20.7. The first-order valence-corrected chi connectivity index (χ1v) is 10.9. The van der Waals surface area contributed by atoms with E-state index in [9.17, 15) is 4.79 Å². The van der Waals surface area contributed by atoms with Gasteiger partial charge in [-0.1, -0.05) is 28.1 Å². The van der Waals surface area contributed by atoms with Crippen LogP contribution in [0.1, 0.15) is 36.9 Å². The second-order valence-corrected chi connectivity index (χ2v) is 8.29. The molecule has 2 fully saturated rings. The fourth-order valence-corrected chi connectivity index (χ4v) is 4.39. The summed E-state index contributed by atoms with van der Waals surface area (Å²) in [5.41, 5.74) is 1.48. The quantitative estimate of drug-likeness (QED) is 0.566. The number of hydrogen-bond acceptors (Lipinski definition) is 5. The highest BCUT2D eigenvalue weighted by Gasteiger charge is 2.51. The van der Waals surface area contributed by atoms with Crippen LogP contribution in [0.15, 0.2) is 46.9 Å².